The van der Waals surface area contributed by atoms with Crippen molar-refractivity contribution in [1.29, 1.82) is 5.26 Å². The Kier molecular flexibility index (Phi) is 7.25. The lowest BCUT2D eigenvalue weighted by Gasteiger charge is -2.13. The zero-order valence-corrected chi connectivity index (χ0v) is 18.9. The molecule has 0 saturated heterocycles. The van der Waals surface area contributed by atoms with Crippen molar-refractivity contribution in [2.24, 2.45) is 0 Å². The Bertz CT molecular complexity index is 1260. The Morgan fingerprint density at radius 2 is 2.03 bits per heavy atom. The zero-order valence-electron chi connectivity index (χ0n) is 16.5. The van der Waals surface area contributed by atoms with Gasteiger partial charge in [-0.25, -0.2) is 22.5 Å². The van der Waals surface area contributed by atoms with Crippen LogP contribution in [0, 0.1) is 11.3 Å². The molecule has 0 bridgehead atoms. The number of methoxy groups -OCH3 is 1. The molecule has 1 aromatic carbocycles. The molecule has 0 amide bonds. The summed E-state index contributed by atoms with van der Waals surface area (Å²) in [5.74, 6) is 0.271. The quantitative estimate of drug-likeness (QED) is 0.264. The van der Waals surface area contributed by atoms with E-state index in [1.807, 2.05) is 0 Å². The molecule has 3 rings (SSSR count). The first kappa shape index (κ1) is 23.8. The largest absolute Gasteiger partial charge is 0.496 e. The summed E-state index contributed by atoms with van der Waals surface area (Å²) in [5, 5.41) is 13.3. The van der Waals surface area contributed by atoms with Gasteiger partial charge >= 0.3 is 0 Å². The Hall–Kier alpha value is -2.85. The van der Waals surface area contributed by atoms with Crippen molar-refractivity contribution in [2.45, 2.75) is 24.6 Å². The van der Waals surface area contributed by atoms with E-state index in [9.17, 15) is 27.6 Å². The topological polar surface area (TPSA) is 96.6 Å². The van der Waals surface area contributed by atoms with Gasteiger partial charge < -0.3 is 9.72 Å². The third-order valence-electron chi connectivity index (χ3n) is 4.45. The maximum Gasteiger partial charge on any atom is 0.283 e. The van der Waals surface area contributed by atoms with E-state index in [-0.39, 0.29) is 28.7 Å². The highest BCUT2D eigenvalue weighted by atomic mass is 79.9. The van der Waals surface area contributed by atoms with Crippen molar-refractivity contribution in [3.05, 3.63) is 55.5 Å². The van der Waals surface area contributed by atoms with Gasteiger partial charge in [-0.05, 0) is 40.4 Å². The van der Waals surface area contributed by atoms with Crippen molar-refractivity contribution in [2.75, 3.05) is 13.4 Å². The summed E-state index contributed by atoms with van der Waals surface area (Å²) in [7, 11) is 1.36. The average molecular weight is 532 g/mol. The molecule has 0 spiro atoms. The Morgan fingerprint density at radius 1 is 1.31 bits per heavy atom. The van der Waals surface area contributed by atoms with E-state index >= 15 is 0 Å². The Balaban J connectivity index is 2.17. The number of rotatable bonds is 7. The molecule has 0 radical (unpaired) electrons. The molecule has 0 unspecified atom stereocenters. The number of halogens is 5. The summed E-state index contributed by atoms with van der Waals surface area (Å²) in [4.78, 5) is 19.0. The number of aromatic nitrogens is 4. The smallest absolute Gasteiger partial charge is 0.283 e. The Morgan fingerprint density at radius 3 is 2.59 bits per heavy atom. The van der Waals surface area contributed by atoms with Gasteiger partial charge in [-0.2, -0.15) is 10.4 Å². The molecule has 0 atom stereocenters. The van der Waals surface area contributed by atoms with E-state index in [1.54, 1.807) is 18.4 Å². The molecule has 13 heteroatoms. The second kappa shape index (κ2) is 9.74. The predicted octanol–water partition coefficient (Wildman–Crippen LogP) is 4.92. The molecule has 3 aromatic rings. The zero-order chi connectivity index (χ0) is 23.6. The van der Waals surface area contributed by atoms with Crippen LogP contribution >= 0.6 is 27.7 Å². The highest BCUT2D eigenvalue weighted by Gasteiger charge is 2.28. The van der Waals surface area contributed by atoms with Crippen molar-refractivity contribution in [1.82, 2.24) is 19.7 Å². The van der Waals surface area contributed by atoms with E-state index in [4.69, 9.17) is 4.74 Å². The van der Waals surface area contributed by atoms with E-state index < -0.39 is 34.3 Å². The summed E-state index contributed by atoms with van der Waals surface area (Å²) in [5.41, 5.74) is -1.62. The third-order valence-corrected chi connectivity index (χ3v) is 5.84. The molecule has 0 saturated carbocycles. The number of aromatic amines is 1. The molecule has 0 aliphatic heterocycles. The number of nitriles is 1. The fraction of sp³-hybridized carbons (Fsp3) is 0.263. The van der Waals surface area contributed by atoms with Crippen LogP contribution in [-0.4, -0.2) is 33.1 Å². The van der Waals surface area contributed by atoms with Crippen molar-refractivity contribution in [3.63, 3.8) is 0 Å². The van der Waals surface area contributed by atoms with Gasteiger partial charge in [0, 0.05) is 11.1 Å². The number of ether oxygens (including phenoxy) is 1. The maximum atomic E-state index is 13.6. The molecule has 1 N–H and O–H groups in total. The van der Waals surface area contributed by atoms with Crippen LogP contribution in [0.25, 0.3) is 11.3 Å². The standard InChI is InChI=1S/C19H14BrF4N5O2S/c1-31-11-4-3-8(13-10(6-25)18(30)27-19(26-13)32-2)5-9(11)7-29-15(17(23)24)12(20)14(28-29)16(21)22/h3-5,16-17H,7H2,1-2H3,(H,26,27,30). The lowest BCUT2D eigenvalue weighted by Crippen LogP contribution is -2.15. The number of hydrogen-bond donors (Lipinski definition) is 1. The van der Waals surface area contributed by atoms with E-state index in [1.165, 1.54) is 19.2 Å². The molecule has 0 fully saturated rings. The van der Waals surface area contributed by atoms with Crippen molar-refractivity contribution in [3.8, 4) is 23.1 Å². The fourth-order valence-electron chi connectivity index (χ4n) is 3.01. The number of thioether (sulfide) groups is 1. The summed E-state index contributed by atoms with van der Waals surface area (Å²) < 4.78 is 59.1. The van der Waals surface area contributed by atoms with Crippen LogP contribution in [0.15, 0.2) is 32.6 Å². The van der Waals surface area contributed by atoms with Crippen LogP contribution in [0.1, 0.15) is 35.4 Å². The van der Waals surface area contributed by atoms with Gasteiger partial charge in [-0.15, -0.1) is 0 Å². The summed E-state index contributed by atoms with van der Waals surface area (Å²) in [6, 6.07) is 6.34. The molecule has 2 aromatic heterocycles. The van der Waals surface area contributed by atoms with Crippen LogP contribution in [0.2, 0.25) is 0 Å². The lowest BCUT2D eigenvalue weighted by molar-refractivity contribution is 0.139. The van der Waals surface area contributed by atoms with E-state index in [0.717, 1.165) is 16.4 Å². The number of nitrogens with one attached hydrogen (secondary N) is 1. The molecule has 0 aliphatic carbocycles. The van der Waals surface area contributed by atoms with Crippen LogP contribution < -0.4 is 10.3 Å². The van der Waals surface area contributed by atoms with E-state index in [0.29, 0.717) is 11.1 Å². The molecule has 7 nitrogen and oxygen atoms in total. The Labute approximate surface area is 191 Å². The van der Waals surface area contributed by atoms with Crippen molar-refractivity contribution < 1.29 is 22.3 Å². The first-order valence-corrected chi connectivity index (χ1v) is 10.8. The van der Waals surface area contributed by atoms with Gasteiger partial charge in [-0.1, -0.05) is 11.8 Å². The highest BCUT2D eigenvalue weighted by Crippen LogP contribution is 2.36. The van der Waals surface area contributed by atoms with Gasteiger partial charge in [0.05, 0.1) is 23.8 Å². The monoisotopic (exact) mass is 531 g/mol. The second-order valence-electron chi connectivity index (χ2n) is 6.28. The summed E-state index contributed by atoms with van der Waals surface area (Å²) in [6.07, 6.45) is -4.43. The third kappa shape index (κ3) is 4.51. The van der Waals surface area contributed by atoms with Crippen LogP contribution in [0.3, 0.4) is 0 Å². The second-order valence-corrected chi connectivity index (χ2v) is 7.87. The number of alkyl halides is 4. The number of hydrogen-bond acceptors (Lipinski definition) is 6. The van der Waals surface area contributed by atoms with Gasteiger partial charge in [0.15, 0.2) is 5.16 Å². The minimum Gasteiger partial charge on any atom is -0.496 e. The molecule has 2 heterocycles. The van der Waals surface area contributed by atoms with Gasteiger partial charge in [0.1, 0.15) is 28.8 Å². The number of nitrogens with zero attached hydrogens (tertiary/aromatic N) is 4. The van der Waals surface area contributed by atoms with Crippen LogP contribution in [-0.2, 0) is 6.54 Å². The first-order chi connectivity index (χ1) is 15.2. The molecular weight excluding hydrogens is 518 g/mol. The first-order valence-electron chi connectivity index (χ1n) is 8.79. The average Bonchev–Trinajstić information content (AvgIpc) is 3.09. The molecular formula is C19H14BrF4N5O2S. The van der Waals surface area contributed by atoms with Gasteiger partial charge in [0.2, 0.25) is 0 Å². The SMILES string of the molecule is COc1ccc(-c2nc(SC)[nH]c(=O)c2C#N)cc1Cn1nc(C(F)F)c(Br)c1C(F)F. The summed E-state index contributed by atoms with van der Waals surface area (Å²) >= 11 is 3.95. The summed E-state index contributed by atoms with van der Waals surface area (Å²) in [6.45, 7) is -0.331. The highest BCUT2D eigenvalue weighted by molar-refractivity contribution is 9.10. The lowest BCUT2D eigenvalue weighted by atomic mass is 10.0. The van der Waals surface area contributed by atoms with Gasteiger partial charge in [0.25, 0.3) is 18.4 Å². The molecule has 32 heavy (non-hydrogen) atoms. The minimum absolute atomic E-state index is 0.0912. The normalized spacial score (nSPS) is 11.2. The van der Waals surface area contributed by atoms with Gasteiger partial charge in [-0.3, -0.25) is 9.48 Å². The number of benzene rings is 1. The fourth-order valence-corrected chi connectivity index (χ4v) is 4.02. The molecule has 0 aliphatic rings. The van der Waals surface area contributed by atoms with Crippen LogP contribution in [0.5, 0.6) is 5.75 Å². The van der Waals surface area contributed by atoms with Crippen molar-refractivity contribution >= 4 is 27.7 Å². The predicted molar refractivity (Wildman–Crippen MR) is 112 cm³/mol. The number of H-pyrrole nitrogens is 1. The van der Waals surface area contributed by atoms with Crippen LogP contribution in [0.4, 0.5) is 17.6 Å². The van der Waals surface area contributed by atoms with E-state index in [2.05, 4.69) is 31.0 Å². The molecule has 168 valence electrons. The minimum atomic E-state index is -3.07. The maximum absolute atomic E-state index is 13.6.